The van der Waals surface area contributed by atoms with Crippen molar-refractivity contribution >= 4 is 11.6 Å². The van der Waals surface area contributed by atoms with E-state index in [-0.39, 0.29) is 6.42 Å². The largest absolute Gasteiger partial charge is 0.394 e. The number of hydrogen-bond donors (Lipinski definition) is 5. The summed E-state index contributed by atoms with van der Waals surface area (Å²) in [6.45, 7) is 1.28. The van der Waals surface area contributed by atoms with Crippen molar-refractivity contribution in [2.45, 2.75) is 69.8 Å². The number of ketones is 2. The zero-order valence-electron chi connectivity index (χ0n) is 12.4. The van der Waals surface area contributed by atoms with Crippen LogP contribution in [0.4, 0.5) is 0 Å². The molecule has 6 N–H and O–H groups in total. The van der Waals surface area contributed by atoms with Crippen molar-refractivity contribution in [3.63, 3.8) is 0 Å². The van der Waals surface area contributed by atoms with Crippen LogP contribution in [0.25, 0.3) is 0 Å². The molecule has 0 aliphatic rings. The molecule has 0 bridgehead atoms. The molecule has 0 aromatic carbocycles. The monoisotopic (exact) mass is 305 g/mol. The molecule has 0 unspecified atom stereocenters. The summed E-state index contributed by atoms with van der Waals surface area (Å²) in [7, 11) is 0. The molecular formula is C14H27NO6. The standard InChI is InChI=1S/C14H27NO6/c1-2-3-4-5-6-7-9(17)12(19)11(15)14(21)13(20)10(18)8-16/h10-11,13-14,16,18,20-21H,2-8,15H2,1H3/t10-,11+,13-,14-/m1/s1. The zero-order chi connectivity index (χ0) is 16.4. The summed E-state index contributed by atoms with van der Waals surface area (Å²) >= 11 is 0. The Bertz CT molecular complexity index is 323. The molecule has 0 aliphatic heterocycles. The Labute approximate surface area is 124 Å². The molecule has 21 heavy (non-hydrogen) atoms. The molecule has 124 valence electrons. The number of hydrogen-bond acceptors (Lipinski definition) is 7. The number of nitrogens with two attached hydrogens (primary N) is 1. The average Bonchev–Trinajstić information content (AvgIpc) is 2.50. The first kappa shape index (κ1) is 20.1. The van der Waals surface area contributed by atoms with Gasteiger partial charge in [-0.1, -0.05) is 32.6 Å². The smallest absolute Gasteiger partial charge is 0.217 e. The van der Waals surface area contributed by atoms with E-state index < -0.39 is 42.5 Å². The third kappa shape index (κ3) is 7.10. The van der Waals surface area contributed by atoms with Crippen LogP contribution in [0.3, 0.4) is 0 Å². The molecule has 0 aliphatic carbocycles. The van der Waals surface area contributed by atoms with Crippen LogP contribution in [0.15, 0.2) is 0 Å². The van der Waals surface area contributed by atoms with Crippen molar-refractivity contribution in [2.24, 2.45) is 5.73 Å². The van der Waals surface area contributed by atoms with E-state index >= 15 is 0 Å². The van der Waals surface area contributed by atoms with Crippen LogP contribution >= 0.6 is 0 Å². The van der Waals surface area contributed by atoms with E-state index in [0.29, 0.717) is 6.42 Å². The van der Waals surface area contributed by atoms with Crippen molar-refractivity contribution in [3.05, 3.63) is 0 Å². The average molecular weight is 305 g/mol. The molecule has 0 saturated heterocycles. The van der Waals surface area contributed by atoms with Gasteiger partial charge < -0.3 is 26.2 Å². The summed E-state index contributed by atoms with van der Waals surface area (Å²) in [6.07, 6.45) is -0.583. The van der Waals surface area contributed by atoms with Gasteiger partial charge in [-0.05, 0) is 6.42 Å². The minimum Gasteiger partial charge on any atom is -0.394 e. The van der Waals surface area contributed by atoms with Crippen molar-refractivity contribution in [2.75, 3.05) is 6.61 Å². The maximum atomic E-state index is 11.7. The van der Waals surface area contributed by atoms with Gasteiger partial charge >= 0.3 is 0 Å². The van der Waals surface area contributed by atoms with Crippen molar-refractivity contribution in [1.82, 2.24) is 0 Å². The van der Waals surface area contributed by atoms with Gasteiger partial charge in [0.1, 0.15) is 24.4 Å². The van der Waals surface area contributed by atoms with E-state index in [1.807, 2.05) is 0 Å². The summed E-state index contributed by atoms with van der Waals surface area (Å²) in [5.41, 5.74) is 5.43. The normalized spacial score (nSPS) is 17.0. The first-order valence-electron chi connectivity index (χ1n) is 7.34. The minimum absolute atomic E-state index is 0.0572. The van der Waals surface area contributed by atoms with E-state index in [4.69, 9.17) is 10.8 Å². The van der Waals surface area contributed by atoms with Crippen LogP contribution in [0.1, 0.15) is 45.4 Å². The molecule has 0 aromatic heterocycles. The lowest BCUT2D eigenvalue weighted by Crippen LogP contribution is -2.54. The third-order valence-electron chi connectivity index (χ3n) is 3.38. The second-order valence-corrected chi connectivity index (χ2v) is 5.21. The lowest BCUT2D eigenvalue weighted by atomic mass is 9.95. The molecule has 0 aromatic rings. The van der Waals surface area contributed by atoms with Crippen LogP contribution in [-0.4, -0.2) is 63.0 Å². The van der Waals surface area contributed by atoms with Crippen molar-refractivity contribution in [3.8, 4) is 0 Å². The summed E-state index contributed by atoms with van der Waals surface area (Å²) < 4.78 is 0. The first-order valence-corrected chi connectivity index (χ1v) is 7.34. The lowest BCUT2D eigenvalue weighted by Gasteiger charge is -2.25. The molecule has 0 spiro atoms. The van der Waals surface area contributed by atoms with Crippen molar-refractivity contribution < 1.29 is 30.0 Å². The molecule has 7 heteroatoms. The fourth-order valence-corrected chi connectivity index (χ4v) is 1.90. The fraction of sp³-hybridized carbons (Fsp3) is 0.857. The predicted octanol–water partition coefficient (Wildman–Crippen LogP) is -1.11. The molecule has 0 radical (unpaired) electrons. The highest BCUT2D eigenvalue weighted by Gasteiger charge is 2.35. The molecular weight excluding hydrogens is 278 g/mol. The van der Waals surface area contributed by atoms with Gasteiger partial charge in [0.05, 0.1) is 6.61 Å². The van der Waals surface area contributed by atoms with Crippen LogP contribution in [-0.2, 0) is 9.59 Å². The quantitative estimate of drug-likeness (QED) is 0.227. The Morgan fingerprint density at radius 1 is 1.00 bits per heavy atom. The van der Waals surface area contributed by atoms with Gasteiger partial charge in [0.25, 0.3) is 0 Å². The van der Waals surface area contributed by atoms with Crippen molar-refractivity contribution in [1.29, 1.82) is 0 Å². The molecule has 0 heterocycles. The molecule has 0 amide bonds. The highest BCUT2D eigenvalue weighted by Crippen LogP contribution is 2.09. The highest BCUT2D eigenvalue weighted by molar-refractivity contribution is 6.39. The molecule has 0 fully saturated rings. The summed E-state index contributed by atoms with van der Waals surface area (Å²) in [6, 6.07) is -1.61. The fourth-order valence-electron chi connectivity index (χ4n) is 1.90. The number of aliphatic hydroxyl groups is 4. The van der Waals surface area contributed by atoms with Gasteiger partial charge in [-0.15, -0.1) is 0 Å². The SMILES string of the molecule is CCCCCCCC(=O)C(=O)[C@H](N)[C@@H](O)[C@H](O)[C@H](O)CO. The molecule has 0 rings (SSSR count). The Balaban J connectivity index is 4.26. The lowest BCUT2D eigenvalue weighted by molar-refractivity contribution is -0.142. The van der Waals surface area contributed by atoms with Gasteiger partial charge in [-0.3, -0.25) is 9.59 Å². The topological polar surface area (TPSA) is 141 Å². The van der Waals surface area contributed by atoms with E-state index in [2.05, 4.69) is 6.92 Å². The van der Waals surface area contributed by atoms with Gasteiger partial charge in [0, 0.05) is 6.42 Å². The highest BCUT2D eigenvalue weighted by atomic mass is 16.4. The van der Waals surface area contributed by atoms with Gasteiger partial charge in [-0.25, -0.2) is 0 Å². The zero-order valence-corrected chi connectivity index (χ0v) is 12.4. The van der Waals surface area contributed by atoms with E-state index in [9.17, 15) is 24.9 Å². The number of unbranched alkanes of at least 4 members (excludes halogenated alkanes) is 4. The van der Waals surface area contributed by atoms with Crippen LogP contribution in [0, 0.1) is 0 Å². The summed E-state index contributed by atoms with van der Waals surface area (Å²) in [5.74, 6) is -1.66. The predicted molar refractivity (Wildman–Crippen MR) is 76.5 cm³/mol. The summed E-state index contributed by atoms with van der Waals surface area (Å²) in [5, 5.41) is 36.9. The number of aliphatic hydroxyl groups excluding tert-OH is 4. The summed E-state index contributed by atoms with van der Waals surface area (Å²) in [4.78, 5) is 23.4. The number of carbonyl (C=O) groups excluding carboxylic acids is 2. The maximum Gasteiger partial charge on any atom is 0.217 e. The maximum absolute atomic E-state index is 11.7. The molecule has 4 atom stereocenters. The number of Topliss-reactive ketones (excluding diaryl/α,β-unsaturated/α-hetero) is 2. The minimum atomic E-state index is -1.80. The Morgan fingerprint density at radius 3 is 2.10 bits per heavy atom. The van der Waals surface area contributed by atoms with Crippen LogP contribution < -0.4 is 5.73 Å². The van der Waals surface area contributed by atoms with Crippen LogP contribution in [0.2, 0.25) is 0 Å². The Hall–Kier alpha value is -0.860. The second kappa shape index (κ2) is 10.8. The van der Waals surface area contributed by atoms with E-state index in [1.54, 1.807) is 0 Å². The molecule has 0 saturated carbocycles. The third-order valence-corrected chi connectivity index (χ3v) is 3.38. The second-order valence-electron chi connectivity index (χ2n) is 5.21. The Kier molecular flexibility index (Phi) is 10.4. The van der Waals surface area contributed by atoms with Gasteiger partial charge in [0.15, 0.2) is 5.78 Å². The Morgan fingerprint density at radius 2 is 1.57 bits per heavy atom. The van der Waals surface area contributed by atoms with Crippen LogP contribution in [0.5, 0.6) is 0 Å². The van der Waals surface area contributed by atoms with Gasteiger partial charge in [-0.2, -0.15) is 0 Å². The number of rotatable bonds is 12. The number of carbonyl (C=O) groups is 2. The van der Waals surface area contributed by atoms with Gasteiger partial charge in [0.2, 0.25) is 5.78 Å². The van der Waals surface area contributed by atoms with E-state index in [1.165, 1.54) is 0 Å². The first-order chi connectivity index (χ1) is 9.86. The van der Waals surface area contributed by atoms with E-state index in [0.717, 1.165) is 25.7 Å². The molecule has 7 nitrogen and oxygen atoms in total.